The number of hydrogen-bond donors (Lipinski definition) is 2. The van der Waals surface area contributed by atoms with Crippen LogP contribution in [0.25, 0.3) is 0 Å². The third-order valence-corrected chi connectivity index (χ3v) is 6.09. The SMILES string of the molecule is CC(CCC(=O)O)SSC(C)(C)CCC(=O)O. The van der Waals surface area contributed by atoms with Crippen molar-refractivity contribution in [3.63, 3.8) is 0 Å². The van der Waals surface area contributed by atoms with Crippen LogP contribution in [0.3, 0.4) is 0 Å². The lowest BCUT2D eigenvalue weighted by atomic mass is 10.1. The number of carboxylic acids is 2. The number of carbonyl (C=O) groups is 2. The van der Waals surface area contributed by atoms with Crippen molar-refractivity contribution in [1.82, 2.24) is 0 Å². The van der Waals surface area contributed by atoms with Gasteiger partial charge in [0, 0.05) is 22.8 Å². The molecule has 4 nitrogen and oxygen atoms in total. The standard InChI is InChI=1S/C11H20O4S2/c1-8(4-5-9(12)13)16-17-11(2,3)7-6-10(14)15/h8H,4-7H2,1-3H3,(H,12,13)(H,14,15). The van der Waals surface area contributed by atoms with Gasteiger partial charge in [-0.1, -0.05) is 28.5 Å². The summed E-state index contributed by atoms with van der Waals surface area (Å²) in [6.07, 6.45) is 1.61. The average molecular weight is 280 g/mol. The molecule has 1 atom stereocenters. The summed E-state index contributed by atoms with van der Waals surface area (Å²) in [5.41, 5.74) is 0. The second-order valence-corrected chi connectivity index (χ2v) is 7.92. The molecule has 0 heterocycles. The molecule has 100 valence electrons. The highest BCUT2D eigenvalue weighted by molar-refractivity contribution is 8.77. The first-order valence-electron chi connectivity index (χ1n) is 5.51. The molecule has 0 spiro atoms. The van der Waals surface area contributed by atoms with Gasteiger partial charge in [0.2, 0.25) is 0 Å². The maximum Gasteiger partial charge on any atom is 0.303 e. The van der Waals surface area contributed by atoms with Crippen molar-refractivity contribution in [3.8, 4) is 0 Å². The maximum atomic E-state index is 10.5. The third kappa shape index (κ3) is 10.5. The van der Waals surface area contributed by atoms with Crippen LogP contribution in [0, 0.1) is 0 Å². The summed E-state index contributed by atoms with van der Waals surface area (Å²) in [4.78, 5) is 20.9. The molecule has 0 saturated heterocycles. The minimum atomic E-state index is -0.775. The molecule has 17 heavy (non-hydrogen) atoms. The highest BCUT2D eigenvalue weighted by Gasteiger charge is 2.21. The van der Waals surface area contributed by atoms with Gasteiger partial charge in [-0.2, -0.15) is 0 Å². The van der Waals surface area contributed by atoms with Crippen molar-refractivity contribution in [2.24, 2.45) is 0 Å². The minimum Gasteiger partial charge on any atom is -0.481 e. The monoisotopic (exact) mass is 280 g/mol. The molecule has 0 aliphatic carbocycles. The Hall–Kier alpha value is -0.360. The average Bonchev–Trinajstić information content (AvgIpc) is 2.21. The van der Waals surface area contributed by atoms with E-state index in [1.807, 2.05) is 20.8 Å². The Balaban J connectivity index is 3.83. The Morgan fingerprint density at radius 3 is 2.18 bits per heavy atom. The predicted molar refractivity (Wildman–Crippen MR) is 72.5 cm³/mol. The van der Waals surface area contributed by atoms with Crippen LogP contribution in [0.2, 0.25) is 0 Å². The van der Waals surface area contributed by atoms with Crippen LogP contribution < -0.4 is 0 Å². The molecule has 1 unspecified atom stereocenters. The van der Waals surface area contributed by atoms with Gasteiger partial charge in [0.1, 0.15) is 0 Å². The maximum absolute atomic E-state index is 10.5. The molecule has 0 aliphatic rings. The minimum absolute atomic E-state index is 0.0967. The van der Waals surface area contributed by atoms with E-state index in [1.54, 1.807) is 21.6 Å². The van der Waals surface area contributed by atoms with Crippen LogP contribution in [0.5, 0.6) is 0 Å². The third-order valence-electron chi connectivity index (χ3n) is 2.14. The zero-order chi connectivity index (χ0) is 13.5. The Morgan fingerprint density at radius 2 is 1.71 bits per heavy atom. The molecule has 0 aromatic carbocycles. The first-order chi connectivity index (χ1) is 7.73. The number of rotatable bonds is 9. The van der Waals surface area contributed by atoms with Gasteiger partial charge < -0.3 is 10.2 Å². The fourth-order valence-electron chi connectivity index (χ4n) is 1.04. The van der Waals surface area contributed by atoms with E-state index in [9.17, 15) is 9.59 Å². The van der Waals surface area contributed by atoms with E-state index in [2.05, 4.69) is 0 Å². The first kappa shape index (κ1) is 16.6. The fourth-order valence-corrected chi connectivity index (χ4v) is 3.67. The molecule has 6 heteroatoms. The quantitative estimate of drug-likeness (QED) is 0.631. The van der Waals surface area contributed by atoms with Gasteiger partial charge in [-0.15, -0.1) is 0 Å². The Morgan fingerprint density at radius 1 is 1.18 bits per heavy atom. The van der Waals surface area contributed by atoms with Crippen LogP contribution in [-0.2, 0) is 9.59 Å². The molecule has 0 bridgehead atoms. The molecule has 2 N–H and O–H groups in total. The van der Waals surface area contributed by atoms with Crippen LogP contribution in [0.15, 0.2) is 0 Å². The van der Waals surface area contributed by atoms with Gasteiger partial charge in [0.05, 0.1) is 0 Å². The molecule has 0 aliphatic heterocycles. The summed E-state index contributed by atoms with van der Waals surface area (Å²) < 4.78 is -0.0967. The second kappa shape index (κ2) is 7.87. The normalized spacial score (nSPS) is 13.4. The van der Waals surface area contributed by atoms with Crippen LogP contribution in [0.1, 0.15) is 46.5 Å². The van der Waals surface area contributed by atoms with E-state index >= 15 is 0 Å². The lowest BCUT2D eigenvalue weighted by Crippen LogP contribution is -2.16. The summed E-state index contributed by atoms with van der Waals surface area (Å²) in [6, 6.07) is 0. The van der Waals surface area contributed by atoms with Gasteiger partial charge in [-0.05, 0) is 26.7 Å². The number of aliphatic carboxylic acids is 2. The van der Waals surface area contributed by atoms with Crippen molar-refractivity contribution in [3.05, 3.63) is 0 Å². The van der Waals surface area contributed by atoms with E-state index in [0.29, 0.717) is 12.8 Å². The largest absolute Gasteiger partial charge is 0.481 e. The van der Waals surface area contributed by atoms with Gasteiger partial charge >= 0.3 is 11.9 Å². The summed E-state index contributed by atoms with van der Waals surface area (Å²) in [5.74, 6) is -1.55. The molecule has 0 rings (SSSR count). The van der Waals surface area contributed by atoms with E-state index in [1.165, 1.54) is 0 Å². The van der Waals surface area contributed by atoms with E-state index in [-0.39, 0.29) is 22.8 Å². The summed E-state index contributed by atoms with van der Waals surface area (Å²) in [7, 11) is 3.28. The predicted octanol–water partition coefficient (Wildman–Crippen LogP) is 3.26. The second-order valence-electron chi connectivity index (χ2n) is 4.58. The first-order valence-corrected chi connectivity index (χ1v) is 7.72. The topological polar surface area (TPSA) is 74.6 Å². The number of carboxylic acid groups (broad SMARTS) is 2. The summed E-state index contributed by atoms with van der Waals surface area (Å²) in [6.45, 7) is 6.02. The summed E-state index contributed by atoms with van der Waals surface area (Å²) in [5, 5.41) is 17.4. The van der Waals surface area contributed by atoms with Crippen molar-refractivity contribution in [2.45, 2.75) is 56.5 Å². The smallest absolute Gasteiger partial charge is 0.303 e. The van der Waals surface area contributed by atoms with Crippen LogP contribution in [0.4, 0.5) is 0 Å². The van der Waals surface area contributed by atoms with Gasteiger partial charge in [0.25, 0.3) is 0 Å². The van der Waals surface area contributed by atoms with Crippen LogP contribution >= 0.6 is 21.6 Å². The highest BCUT2D eigenvalue weighted by atomic mass is 33.1. The number of hydrogen-bond acceptors (Lipinski definition) is 4. The van der Waals surface area contributed by atoms with Crippen molar-refractivity contribution in [1.29, 1.82) is 0 Å². The van der Waals surface area contributed by atoms with Gasteiger partial charge in [-0.25, -0.2) is 0 Å². The molecule has 0 aromatic heterocycles. The lowest BCUT2D eigenvalue weighted by molar-refractivity contribution is -0.138. The fraction of sp³-hybridized carbons (Fsp3) is 0.818. The summed E-state index contributed by atoms with van der Waals surface area (Å²) >= 11 is 0. The zero-order valence-corrected chi connectivity index (χ0v) is 12.1. The highest BCUT2D eigenvalue weighted by Crippen LogP contribution is 2.41. The zero-order valence-electron chi connectivity index (χ0n) is 10.4. The lowest BCUT2D eigenvalue weighted by Gasteiger charge is -2.24. The van der Waals surface area contributed by atoms with Gasteiger partial charge in [0.15, 0.2) is 0 Å². The molecular weight excluding hydrogens is 260 g/mol. The molecule has 0 amide bonds. The molecule has 0 saturated carbocycles. The molecule has 0 fully saturated rings. The van der Waals surface area contributed by atoms with Crippen molar-refractivity contribution >= 4 is 33.5 Å². The van der Waals surface area contributed by atoms with E-state index in [0.717, 1.165) is 0 Å². The Bertz CT molecular complexity index is 266. The molecular formula is C11H20O4S2. The molecule has 0 aromatic rings. The van der Waals surface area contributed by atoms with Gasteiger partial charge in [-0.3, -0.25) is 9.59 Å². The Labute approximate surface area is 110 Å². The van der Waals surface area contributed by atoms with Crippen molar-refractivity contribution in [2.75, 3.05) is 0 Å². The molecule has 0 radical (unpaired) electrons. The van der Waals surface area contributed by atoms with Crippen molar-refractivity contribution < 1.29 is 19.8 Å². The van der Waals surface area contributed by atoms with E-state index < -0.39 is 11.9 Å². The Kier molecular flexibility index (Phi) is 7.70. The van der Waals surface area contributed by atoms with E-state index in [4.69, 9.17) is 10.2 Å². The van der Waals surface area contributed by atoms with Crippen LogP contribution in [-0.4, -0.2) is 32.1 Å².